The van der Waals surface area contributed by atoms with Gasteiger partial charge in [0.2, 0.25) is 0 Å². The number of esters is 1. The molecular formula is C22H34NO5S+. The first kappa shape index (κ1) is 23.5. The van der Waals surface area contributed by atoms with Crippen molar-refractivity contribution in [3.8, 4) is 0 Å². The molecule has 1 saturated heterocycles. The van der Waals surface area contributed by atoms with Gasteiger partial charge in [-0.15, -0.1) is 0 Å². The van der Waals surface area contributed by atoms with Crippen LogP contribution >= 0.6 is 0 Å². The van der Waals surface area contributed by atoms with E-state index in [1.54, 1.807) is 0 Å². The number of carbonyl (C=O) groups is 2. The van der Waals surface area contributed by atoms with Gasteiger partial charge in [-0.05, 0) is 47.1 Å². The lowest BCUT2D eigenvalue weighted by Gasteiger charge is -2.46. The van der Waals surface area contributed by atoms with E-state index in [2.05, 4.69) is 20.8 Å². The molecule has 1 heterocycles. The van der Waals surface area contributed by atoms with Crippen molar-refractivity contribution in [1.29, 1.82) is 0 Å². The zero-order valence-corrected chi connectivity index (χ0v) is 19.4. The summed E-state index contributed by atoms with van der Waals surface area (Å²) >= 11 is -0.268. The van der Waals surface area contributed by atoms with Crippen molar-refractivity contribution < 1.29 is 23.2 Å². The first-order chi connectivity index (χ1) is 13.4. The van der Waals surface area contributed by atoms with Gasteiger partial charge in [0.15, 0.2) is 4.75 Å². The number of amides is 1. The second-order valence-corrected chi connectivity index (χ2v) is 11.6. The number of benzene rings is 1. The first-order valence-corrected chi connectivity index (χ1v) is 11.5. The van der Waals surface area contributed by atoms with Crippen molar-refractivity contribution in [2.75, 3.05) is 12.9 Å². The van der Waals surface area contributed by atoms with Crippen LogP contribution in [0.5, 0.6) is 0 Å². The van der Waals surface area contributed by atoms with E-state index >= 15 is 0 Å². The lowest BCUT2D eigenvalue weighted by Crippen LogP contribution is -2.64. The van der Waals surface area contributed by atoms with Crippen molar-refractivity contribution in [3.63, 3.8) is 0 Å². The number of likely N-dealkylation sites (tertiary alicyclic amines) is 1. The summed E-state index contributed by atoms with van der Waals surface area (Å²) in [6.45, 7) is 12.3. The third kappa shape index (κ3) is 6.93. The summed E-state index contributed by atoms with van der Waals surface area (Å²) in [6, 6.07) is 8.64. The third-order valence-corrected chi connectivity index (χ3v) is 6.84. The van der Waals surface area contributed by atoms with Gasteiger partial charge >= 0.3 is 12.1 Å². The Morgan fingerprint density at radius 3 is 2.28 bits per heavy atom. The first-order valence-electron chi connectivity index (χ1n) is 9.89. The molecule has 2 rings (SSSR count). The van der Waals surface area contributed by atoms with Crippen LogP contribution in [0.4, 0.5) is 4.79 Å². The van der Waals surface area contributed by atoms with Crippen LogP contribution in [-0.4, -0.2) is 52.3 Å². The molecule has 0 bridgehead atoms. The molecule has 7 heteroatoms. The molecule has 6 nitrogen and oxygen atoms in total. The quantitative estimate of drug-likeness (QED) is 0.508. The number of ether oxygens (including phenoxy) is 2. The Kier molecular flexibility index (Phi) is 7.62. The Labute approximate surface area is 177 Å². The Morgan fingerprint density at radius 2 is 1.72 bits per heavy atom. The van der Waals surface area contributed by atoms with Gasteiger partial charge in [0.25, 0.3) is 0 Å². The van der Waals surface area contributed by atoms with Crippen LogP contribution in [0.15, 0.2) is 30.3 Å². The van der Waals surface area contributed by atoms with Gasteiger partial charge in [-0.25, -0.2) is 9.59 Å². The van der Waals surface area contributed by atoms with E-state index in [9.17, 15) is 9.59 Å². The second-order valence-electron chi connectivity index (χ2n) is 9.24. The van der Waals surface area contributed by atoms with Gasteiger partial charge in [0.05, 0.1) is 6.04 Å². The summed E-state index contributed by atoms with van der Waals surface area (Å²) in [5.41, 5.74) is 0.265. The Bertz CT molecular complexity index is 695. The van der Waals surface area contributed by atoms with Gasteiger partial charge in [-0.3, -0.25) is 4.90 Å². The van der Waals surface area contributed by atoms with E-state index in [0.717, 1.165) is 5.56 Å². The van der Waals surface area contributed by atoms with E-state index in [4.69, 9.17) is 13.7 Å². The smallest absolute Gasteiger partial charge is 0.411 e. The Morgan fingerprint density at radius 1 is 1.10 bits per heavy atom. The minimum Gasteiger partial charge on any atom is -0.459 e. The summed E-state index contributed by atoms with van der Waals surface area (Å²) in [6.07, 6.45) is 2.04. The summed E-state index contributed by atoms with van der Waals surface area (Å²) in [7, 11) is 0. The monoisotopic (exact) mass is 424 g/mol. The van der Waals surface area contributed by atoms with E-state index < -0.39 is 23.7 Å². The van der Waals surface area contributed by atoms with Crippen molar-refractivity contribution in [1.82, 2.24) is 4.90 Å². The molecule has 0 radical (unpaired) electrons. The van der Waals surface area contributed by atoms with Crippen LogP contribution in [0.2, 0.25) is 0 Å². The summed E-state index contributed by atoms with van der Waals surface area (Å²) in [5, 5.41) is 0. The lowest BCUT2D eigenvalue weighted by molar-refractivity contribution is -0.160. The average molecular weight is 425 g/mol. The van der Waals surface area contributed by atoms with E-state index in [1.807, 2.05) is 57.4 Å². The summed E-state index contributed by atoms with van der Waals surface area (Å²) < 4.78 is 17.0. The molecule has 1 aromatic rings. The van der Waals surface area contributed by atoms with Crippen molar-refractivity contribution >= 4 is 23.2 Å². The molecule has 1 aliphatic rings. The average Bonchev–Trinajstić information content (AvgIpc) is 2.57. The van der Waals surface area contributed by atoms with Gasteiger partial charge in [-0.2, -0.15) is 4.18 Å². The number of carbonyl (C=O) groups excluding carboxylic acids is 2. The molecule has 0 saturated carbocycles. The second kappa shape index (κ2) is 9.39. The fourth-order valence-corrected chi connectivity index (χ4v) is 3.45. The van der Waals surface area contributed by atoms with Gasteiger partial charge < -0.3 is 9.47 Å². The standard InChI is InChI=1S/C22H34NO5S/c1-21(2,3)28-20(25)23-17(15-27-29(7)22(4,5)6)13-18(23)19(24)26-14-16-11-9-8-10-12-16/h8-12,17-18H,13-15H2,1-7H3/q+1. The number of hydrogen-bond donors (Lipinski definition) is 0. The fraction of sp³-hybridized carbons (Fsp3) is 0.636. The maximum absolute atomic E-state index is 12.7. The fourth-order valence-electron chi connectivity index (χ4n) is 2.73. The molecule has 1 aliphatic heterocycles. The maximum Gasteiger partial charge on any atom is 0.411 e. The van der Waals surface area contributed by atoms with Crippen LogP contribution < -0.4 is 0 Å². The molecule has 162 valence electrons. The van der Waals surface area contributed by atoms with Crippen LogP contribution in [0.3, 0.4) is 0 Å². The van der Waals surface area contributed by atoms with Crippen LogP contribution in [0.25, 0.3) is 0 Å². The molecule has 0 aliphatic carbocycles. The molecule has 1 amide bonds. The molecular weight excluding hydrogens is 390 g/mol. The van der Waals surface area contributed by atoms with Crippen molar-refractivity contribution in [3.05, 3.63) is 35.9 Å². The van der Waals surface area contributed by atoms with Gasteiger partial charge in [-0.1, -0.05) is 30.3 Å². The van der Waals surface area contributed by atoms with Crippen LogP contribution in [0.1, 0.15) is 53.5 Å². The Hall–Kier alpha value is -1.73. The van der Waals surface area contributed by atoms with Crippen molar-refractivity contribution in [2.24, 2.45) is 0 Å². The molecule has 29 heavy (non-hydrogen) atoms. The number of rotatable bonds is 6. The highest BCUT2D eigenvalue weighted by Gasteiger charge is 2.50. The van der Waals surface area contributed by atoms with Crippen molar-refractivity contribution in [2.45, 2.75) is 77.0 Å². The van der Waals surface area contributed by atoms with Gasteiger partial charge in [0, 0.05) is 6.42 Å². The van der Waals surface area contributed by atoms with Gasteiger partial charge in [0.1, 0.15) is 42.3 Å². The highest BCUT2D eigenvalue weighted by atomic mass is 32.2. The lowest BCUT2D eigenvalue weighted by atomic mass is 9.94. The van der Waals surface area contributed by atoms with Crippen LogP contribution in [0, 0.1) is 0 Å². The van der Waals surface area contributed by atoms with E-state index in [0.29, 0.717) is 13.0 Å². The minimum absolute atomic E-state index is 0.0223. The zero-order valence-electron chi connectivity index (χ0n) is 18.6. The predicted molar refractivity (Wildman–Crippen MR) is 115 cm³/mol. The maximum atomic E-state index is 12.7. The largest absolute Gasteiger partial charge is 0.459 e. The molecule has 0 spiro atoms. The van der Waals surface area contributed by atoms with Crippen LogP contribution in [-0.2, 0) is 36.2 Å². The molecule has 1 aromatic carbocycles. The molecule has 1 fully saturated rings. The predicted octanol–water partition coefficient (Wildman–Crippen LogP) is 4.09. The highest BCUT2D eigenvalue weighted by molar-refractivity contribution is 7.93. The topological polar surface area (TPSA) is 65.1 Å². The summed E-state index contributed by atoms with van der Waals surface area (Å²) in [4.78, 5) is 26.8. The van der Waals surface area contributed by atoms with E-state index in [1.165, 1.54) is 4.90 Å². The SMILES string of the molecule is C[S+](OCC1CC(C(=O)OCc2ccccc2)N1C(=O)OC(C)(C)C)C(C)(C)C. The molecule has 0 N–H and O–H groups in total. The Balaban J connectivity index is 2.00. The zero-order chi connectivity index (χ0) is 21.8. The third-order valence-electron chi connectivity index (χ3n) is 4.62. The normalized spacial score (nSPS) is 20.6. The minimum atomic E-state index is -0.643. The number of hydrogen-bond acceptors (Lipinski definition) is 5. The molecule has 3 unspecified atom stereocenters. The molecule has 0 aromatic heterocycles. The number of nitrogens with zero attached hydrogens (tertiary/aromatic N) is 1. The summed E-state index contributed by atoms with van der Waals surface area (Å²) in [5.74, 6) is -0.415. The van der Waals surface area contributed by atoms with E-state index in [-0.39, 0.29) is 28.6 Å². The molecule has 3 atom stereocenters. The highest BCUT2D eigenvalue weighted by Crippen LogP contribution is 2.31.